The quantitative estimate of drug-likeness (QED) is 0.795. The van der Waals surface area contributed by atoms with Gasteiger partial charge in [0.25, 0.3) is 0 Å². The second kappa shape index (κ2) is 6.06. The van der Waals surface area contributed by atoms with E-state index in [1.807, 2.05) is 0 Å². The lowest BCUT2D eigenvalue weighted by molar-refractivity contribution is -0.142. The Balaban J connectivity index is 3.20. The number of benzene rings is 1. The molecule has 0 bridgehead atoms. The summed E-state index contributed by atoms with van der Waals surface area (Å²) < 4.78 is 42.7. The Morgan fingerprint density at radius 3 is 2.58 bits per heavy atom. The number of alkyl halides is 3. The predicted molar refractivity (Wildman–Crippen MR) is 64.2 cm³/mol. The van der Waals surface area contributed by atoms with Crippen LogP contribution in [0.1, 0.15) is 23.6 Å². The topological polar surface area (TPSA) is 50.1 Å². The molecule has 102 valence electrons. The Morgan fingerprint density at radius 1 is 1.47 bits per heavy atom. The van der Waals surface area contributed by atoms with Crippen molar-refractivity contribution in [3.8, 4) is 6.07 Å². The summed E-state index contributed by atoms with van der Waals surface area (Å²) in [7, 11) is 0. The van der Waals surface area contributed by atoms with E-state index < -0.39 is 23.3 Å². The first-order valence-electron chi connectivity index (χ1n) is 5.25. The van der Waals surface area contributed by atoms with E-state index in [9.17, 15) is 18.0 Å². The van der Waals surface area contributed by atoms with Gasteiger partial charge in [-0.2, -0.15) is 18.4 Å². The molecule has 0 aliphatic carbocycles. The summed E-state index contributed by atoms with van der Waals surface area (Å²) in [6.45, 7) is 1.81. The zero-order valence-electron chi connectivity index (χ0n) is 9.84. The third kappa shape index (κ3) is 3.70. The minimum absolute atomic E-state index is 0.0297. The maximum atomic E-state index is 12.7. The van der Waals surface area contributed by atoms with E-state index in [2.05, 4.69) is 15.9 Å². The molecule has 0 radical (unpaired) electrons. The second-order valence-electron chi connectivity index (χ2n) is 3.55. The summed E-state index contributed by atoms with van der Waals surface area (Å²) in [5.41, 5.74) is -1.29. The van der Waals surface area contributed by atoms with Gasteiger partial charge in [-0.15, -0.1) is 0 Å². The molecule has 0 amide bonds. The number of ether oxygens (including phenoxy) is 1. The average Bonchev–Trinajstić information content (AvgIpc) is 2.30. The zero-order valence-corrected chi connectivity index (χ0v) is 11.4. The van der Waals surface area contributed by atoms with Crippen LogP contribution in [0.4, 0.5) is 13.2 Å². The molecule has 0 aliphatic heterocycles. The third-order valence-electron chi connectivity index (χ3n) is 2.28. The van der Waals surface area contributed by atoms with Crippen LogP contribution in [0, 0.1) is 11.3 Å². The maximum Gasteiger partial charge on any atom is 0.417 e. The van der Waals surface area contributed by atoms with Gasteiger partial charge in [0.05, 0.1) is 24.2 Å². The Labute approximate surface area is 116 Å². The van der Waals surface area contributed by atoms with Gasteiger partial charge in [-0.05, 0) is 34.5 Å². The van der Waals surface area contributed by atoms with Gasteiger partial charge < -0.3 is 4.74 Å². The Kier molecular flexibility index (Phi) is 4.95. The van der Waals surface area contributed by atoms with Crippen molar-refractivity contribution in [2.45, 2.75) is 19.5 Å². The first kappa shape index (κ1) is 15.5. The lowest BCUT2D eigenvalue weighted by Crippen LogP contribution is -2.12. The lowest BCUT2D eigenvalue weighted by Gasteiger charge is -2.12. The SMILES string of the molecule is CCOC(=O)Cc1ccc(C(F)(F)F)c(C#N)c1Br. The molecule has 1 aromatic rings. The van der Waals surface area contributed by atoms with Gasteiger partial charge in [0.15, 0.2) is 0 Å². The highest BCUT2D eigenvalue weighted by atomic mass is 79.9. The van der Waals surface area contributed by atoms with E-state index in [1.54, 1.807) is 6.92 Å². The van der Waals surface area contributed by atoms with Crippen LogP contribution < -0.4 is 0 Å². The van der Waals surface area contributed by atoms with Crippen molar-refractivity contribution in [1.82, 2.24) is 0 Å². The number of halogens is 4. The van der Waals surface area contributed by atoms with Crippen LogP contribution in [0.15, 0.2) is 16.6 Å². The molecular weight excluding hydrogens is 327 g/mol. The summed E-state index contributed by atoms with van der Waals surface area (Å²) in [6, 6.07) is 3.44. The third-order valence-corrected chi connectivity index (χ3v) is 3.19. The van der Waals surface area contributed by atoms with Gasteiger partial charge in [-0.3, -0.25) is 4.79 Å². The number of hydrogen-bond acceptors (Lipinski definition) is 3. The molecule has 0 N–H and O–H groups in total. The van der Waals surface area contributed by atoms with Gasteiger partial charge >= 0.3 is 12.1 Å². The number of esters is 1. The molecular formula is C12H9BrF3NO2. The molecule has 19 heavy (non-hydrogen) atoms. The lowest BCUT2D eigenvalue weighted by atomic mass is 10.0. The van der Waals surface area contributed by atoms with Crippen molar-refractivity contribution in [2.75, 3.05) is 6.61 Å². The normalized spacial score (nSPS) is 10.9. The Morgan fingerprint density at radius 2 is 2.11 bits per heavy atom. The van der Waals surface area contributed by atoms with Crippen LogP contribution in [0.3, 0.4) is 0 Å². The molecule has 0 aromatic heterocycles. The van der Waals surface area contributed by atoms with Gasteiger partial charge in [-0.1, -0.05) is 6.07 Å². The summed E-state index contributed by atoms with van der Waals surface area (Å²) in [4.78, 5) is 11.3. The first-order chi connectivity index (χ1) is 8.81. The fourth-order valence-corrected chi connectivity index (χ4v) is 2.04. The molecule has 0 spiro atoms. The second-order valence-corrected chi connectivity index (χ2v) is 4.35. The minimum Gasteiger partial charge on any atom is -0.466 e. The fourth-order valence-electron chi connectivity index (χ4n) is 1.47. The van der Waals surface area contributed by atoms with Gasteiger partial charge in [0.2, 0.25) is 0 Å². The fraction of sp³-hybridized carbons (Fsp3) is 0.333. The van der Waals surface area contributed by atoms with E-state index in [1.165, 1.54) is 6.07 Å². The molecule has 3 nitrogen and oxygen atoms in total. The molecule has 1 rings (SSSR count). The predicted octanol–water partition coefficient (Wildman–Crippen LogP) is 3.45. The number of nitriles is 1. The Hall–Kier alpha value is -1.55. The molecule has 0 unspecified atom stereocenters. The van der Waals surface area contributed by atoms with Crippen molar-refractivity contribution >= 4 is 21.9 Å². The van der Waals surface area contributed by atoms with Crippen LogP contribution in [0.5, 0.6) is 0 Å². The highest BCUT2D eigenvalue weighted by molar-refractivity contribution is 9.10. The van der Waals surface area contributed by atoms with Gasteiger partial charge in [0, 0.05) is 4.47 Å². The zero-order chi connectivity index (χ0) is 14.6. The van der Waals surface area contributed by atoms with Crippen molar-refractivity contribution in [3.63, 3.8) is 0 Å². The number of carbonyl (C=O) groups excluding carboxylic acids is 1. The molecule has 0 aliphatic rings. The monoisotopic (exact) mass is 335 g/mol. The summed E-state index contributed by atoms with van der Waals surface area (Å²) in [5.74, 6) is -0.563. The number of carbonyl (C=O) groups is 1. The van der Waals surface area contributed by atoms with Crippen molar-refractivity contribution in [1.29, 1.82) is 5.26 Å². The molecule has 1 aromatic carbocycles. The van der Waals surface area contributed by atoms with Gasteiger partial charge in [0.1, 0.15) is 6.07 Å². The van der Waals surface area contributed by atoms with Crippen molar-refractivity contribution in [3.05, 3.63) is 33.3 Å². The van der Waals surface area contributed by atoms with Gasteiger partial charge in [-0.25, -0.2) is 0 Å². The number of hydrogen-bond donors (Lipinski definition) is 0. The molecule has 0 heterocycles. The van der Waals surface area contributed by atoms with E-state index in [0.29, 0.717) is 0 Å². The molecule has 0 atom stereocenters. The largest absolute Gasteiger partial charge is 0.466 e. The minimum atomic E-state index is -4.62. The smallest absolute Gasteiger partial charge is 0.417 e. The van der Waals surface area contributed by atoms with Crippen LogP contribution in [0.2, 0.25) is 0 Å². The number of nitrogens with zero attached hydrogens (tertiary/aromatic N) is 1. The standard InChI is InChI=1S/C12H9BrF3NO2/c1-2-19-10(18)5-7-3-4-9(12(14,15)16)8(6-17)11(7)13/h3-4H,2,5H2,1H3. The van der Waals surface area contributed by atoms with Crippen molar-refractivity contribution in [2.24, 2.45) is 0 Å². The maximum absolute atomic E-state index is 12.7. The van der Waals surface area contributed by atoms with E-state index in [4.69, 9.17) is 10.00 Å². The molecule has 0 saturated carbocycles. The van der Waals surface area contributed by atoms with Crippen LogP contribution in [-0.2, 0) is 22.1 Å². The summed E-state index contributed by atoms with van der Waals surface area (Å²) in [6.07, 6.45) is -4.81. The highest BCUT2D eigenvalue weighted by Crippen LogP contribution is 2.36. The molecule has 0 saturated heterocycles. The highest BCUT2D eigenvalue weighted by Gasteiger charge is 2.35. The van der Waals surface area contributed by atoms with Crippen molar-refractivity contribution < 1.29 is 22.7 Å². The summed E-state index contributed by atoms with van der Waals surface area (Å²) >= 11 is 2.93. The molecule has 7 heteroatoms. The first-order valence-corrected chi connectivity index (χ1v) is 6.04. The Bertz CT molecular complexity index is 535. The van der Waals surface area contributed by atoms with E-state index >= 15 is 0 Å². The van der Waals surface area contributed by atoms with E-state index in [0.717, 1.165) is 12.1 Å². The van der Waals surface area contributed by atoms with Crippen LogP contribution in [-0.4, -0.2) is 12.6 Å². The van der Waals surface area contributed by atoms with Crippen LogP contribution in [0.25, 0.3) is 0 Å². The molecule has 0 fully saturated rings. The average molecular weight is 336 g/mol. The number of rotatable bonds is 3. The summed E-state index contributed by atoms with van der Waals surface area (Å²) in [5, 5.41) is 8.83. The van der Waals surface area contributed by atoms with Crippen LogP contribution >= 0.6 is 15.9 Å². The van der Waals surface area contributed by atoms with E-state index in [-0.39, 0.29) is 23.1 Å².